The second kappa shape index (κ2) is 4.89. The Morgan fingerprint density at radius 3 is 2.83 bits per heavy atom. The maximum absolute atomic E-state index is 10.7. The molecule has 0 saturated heterocycles. The summed E-state index contributed by atoms with van der Waals surface area (Å²) >= 11 is 0. The van der Waals surface area contributed by atoms with Gasteiger partial charge in [0.15, 0.2) is 0 Å². The minimum absolute atomic E-state index is 0.124. The molecule has 0 fully saturated rings. The molecule has 0 aliphatic heterocycles. The van der Waals surface area contributed by atoms with Crippen molar-refractivity contribution in [1.82, 2.24) is 4.98 Å². The highest BCUT2D eigenvalue weighted by Gasteiger charge is 2.20. The normalized spacial score (nSPS) is 12.1. The molecule has 0 aromatic carbocycles. The summed E-state index contributed by atoms with van der Waals surface area (Å²) in [6.07, 6.45) is 0.404. The minimum Gasteiger partial charge on any atom is -0.481 e. The summed E-state index contributed by atoms with van der Waals surface area (Å²) in [6, 6.07) is 5.95. The van der Waals surface area contributed by atoms with Gasteiger partial charge in [-0.3, -0.25) is 0 Å². The minimum atomic E-state index is -1.19. The van der Waals surface area contributed by atoms with Crippen molar-refractivity contribution in [2.45, 2.75) is 6.10 Å². The standard InChI is InChI=1S/C12H11NO5/c1-17-11-7(3-2-6-13-11)10(14)8-4-5-9(18-8)12(15)16/h2-6,10,14H,1H3,(H,15,16). The number of carboxylic acids is 1. The Hall–Kier alpha value is -2.34. The Morgan fingerprint density at radius 2 is 2.22 bits per heavy atom. The summed E-state index contributed by atoms with van der Waals surface area (Å²) < 4.78 is 10.0. The van der Waals surface area contributed by atoms with Gasteiger partial charge in [-0.05, 0) is 24.3 Å². The highest BCUT2D eigenvalue weighted by molar-refractivity contribution is 5.84. The van der Waals surface area contributed by atoms with Gasteiger partial charge in [0.25, 0.3) is 0 Å². The molecule has 0 saturated carbocycles. The Balaban J connectivity index is 2.35. The average Bonchev–Trinajstić information content (AvgIpc) is 2.87. The number of methoxy groups -OCH3 is 1. The molecule has 2 heterocycles. The zero-order chi connectivity index (χ0) is 13.1. The number of carbonyl (C=O) groups is 1. The second-order valence-electron chi connectivity index (χ2n) is 3.51. The van der Waals surface area contributed by atoms with Crippen LogP contribution in [0.1, 0.15) is 28.0 Å². The molecule has 0 radical (unpaired) electrons. The van der Waals surface area contributed by atoms with E-state index in [0.29, 0.717) is 5.56 Å². The van der Waals surface area contributed by atoms with Gasteiger partial charge in [-0.2, -0.15) is 0 Å². The number of aliphatic hydroxyl groups is 1. The topological polar surface area (TPSA) is 92.8 Å². The average molecular weight is 249 g/mol. The van der Waals surface area contributed by atoms with Gasteiger partial charge in [-0.25, -0.2) is 9.78 Å². The predicted molar refractivity (Wildman–Crippen MR) is 60.5 cm³/mol. The Bertz CT molecular complexity index is 563. The molecule has 94 valence electrons. The van der Waals surface area contributed by atoms with Gasteiger partial charge in [-0.1, -0.05) is 0 Å². The van der Waals surface area contributed by atoms with Gasteiger partial charge in [0.2, 0.25) is 11.6 Å². The summed E-state index contributed by atoms with van der Waals surface area (Å²) in [5.74, 6) is -1.03. The number of aromatic nitrogens is 1. The zero-order valence-electron chi connectivity index (χ0n) is 9.53. The predicted octanol–water partition coefficient (Wildman–Crippen LogP) is 1.46. The van der Waals surface area contributed by atoms with Gasteiger partial charge < -0.3 is 19.4 Å². The van der Waals surface area contributed by atoms with Gasteiger partial charge in [0.1, 0.15) is 11.9 Å². The van der Waals surface area contributed by atoms with E-state index in [2.05, 4.69) is 4.98 Å². The highest BCUT2D eigenvalue weighted by Crippen LogP contribution is 2.29. The van der Waals surface area contributed by atoms with Crippen molar-refractivity contribution in [3.8, 4) is 5.88 Å². The SMILES string of the molecule is COc1ncccc1C(O)c1ccc(C(=O)O)o1. The quantitative estimate of drug-likeness (QED) is 0.852. The molecule has 1 unspecified atom stereocenters. The van der Waals surface area contributed by atoms with Crippen LogP contribution in [0, 0.1) is 0 Å². The first-order valence-electron chi connectivity index (χ1n) is 5.13. The molecule has 0 amide bonds. The maximum atomic E-state index is 10.7. The number of pyridine rings is 1. The van der Waals surface area contributed by atoms with Crippen molar-refractivity contribution < 1.29 is 24.2 Å². The van der Waals surface area contributed by atoms with E-state index in [0.717, 1.165) is 0 Å². The third-order valence-corrected chi connectivity index (χ3v) is 2.40. The number of nitrogens with zero attached hydrogens (tertiary/aromatic N) is 1. The number of aliphatic hydroxyl groups excluding tert-OH is 1. The molecule has 2 rings (SSSR count). The number of carboxylic acid groups (broad SMARTS) is 1. The van der Waals surface area contributed by atoms with Gasteiger partial charge >= 0.3 is 5.97 Å². The lowest BCUT2D eigenvalue weighted by Crippen LogP contribution is -2.02. The third kappa shape index (κ3) is 2.18. The van der Waals surface area contributed by atoms with Crippen molar-refractivity contribution >= 4 is 5.97 Å². The van der Waals surface area contributed by atoms with E-state index in [-0.39, 0.29) is 17.4 Å². The van der Waals surface area contributed by atoms with E-state index in [1.54, 1.807) is 12.1 Å². The fourth-order valence-electron chi connectivity index (χ4n) is 1.55. The lowest BCUT2D eigenvalue weighted by Gasteiger charge is -2.11. The van der Waals surface area contributed by atoms with E-state index in [1.165, 1.54) is 25.4 Å². The van der Waals surface area contributed by atoms with Crippen LogP contribution in [0.2, 0.25) is 0 Å². The highest BCUT2D eigenvalue weighted by atomic mass is 16.5. The zero-order valence-corrected chi connectivity index (χ0v) is 9.53. The Morgan fingerprint density at radius 1 is 1.44 bits per heavy atom. The number of rotatable bonds is 4. The number of furan rings is 1. The summed E-state index contributed by atoms with van der Waals surface area (Å²) in [5.41, 5.74) is 0.409. The van der Waals surface area contributed by atoms with E-state index in [9.17, 15) is 9.90 Å². The molecular weight excluding hydrogens is 238 g/mol. The molecule has 2 aromatic rings. The summed E-state index contributed by atoms with van der Waals surface area (Å²) in [6.45, 7) is 0. The lowest BCUT2D eigenvalue weighted by molar-refractivity contribution is 0.0655. The first kappa shape index (κ1) is 12.1. The van der Waals surface area contributed by atoms with Crippen LogP contribution in [-0.2, 0) is 0 Å². The smallest absolute Gasteiger partial charge is 0.371 e. The van der Waals surface area contributed by atoms with E-state index >= 15 is 0 Å². The molecule has 1 atom stereocenters. The summed E-state index contributed by atoms with van der Waals surface area (Å²) in [4.78, 5) is 14.6. The van der Waals surface area contributed by atoms with Crippen molar-refractivity contribution in [3.63, 3.8) is 0 Å². The van der Waals surface area contributed by atoms with Crippen LogP contribution in [0.4, 0.5) is 0 Å². The lowest BCUT2D eigenvalue weighted by atomic mass is 10.1. The van der Waals surface area contributed by atoms with Gasteiger partial charge in [-0.15, -0.1) is 0 Å². The Kier molecular flexibility index (Phi) is 3.29. The second-order valence-corrected chi connectivity index (χ2v) is 3.51. The van der Waals surface area contributed by atoms with Gasteiger partial charge in [0, 0.05) is 6.20 Å². The molecule has 0 aliphatic rings. The van der Waals surface area contributed by atoms with Crippen molar-refractivity contribution in [1.29, 1.82) is 0 Å². The van der Waals surface area contributed by atoms with Crippen LogP contribution in [-0.4, -0.2) is 28.3 Å². The monoisotopic (exact) mass is 249 g/mol. The van der Waals surface area contributed by atoms with Crippen molar-refractivity contribution in [2.75, 3.05) is 7.11 Å². The number of aromatic carboxylic acids is 1. The molecule has 0 spiro atoms. The van der Waals surface area contributed by atoms with Crippen molar-refractivity contribution in [2.24, 2.45) is 0 Å². The fraction of sp³-hybridized carbons (Fsp3) is 0.167. The molecule has 2 N–H and O–H groups in total. The van der Waals surface area contributed by atoms with Crippen LogP contribution in [0.5, 0.6) is 5.88 Å². The van der Waals surface area contributed by atoms with Crippen LogP contribution in [0.25, 0.3) is 0 Å². The molecule has 0 aliphatic carbocycles. The molecule has 6 heteroatoms. The van der Waals surface area contributed by atoms with Crippen LogP contribution in [0.3, 0.4) is 0 Å². The molecular formula is C12H11NO5. The van der Waals surface area contributed by atoms with Crippen LogP contribution >= 0.6 is 0 Å². The van der Waals surface area contributed by atoms with Crippen LogP contribution < -0.4 is 4.74 Å². The van der Waals surface area contributed by atoms with Crippen LogP contribution in [0.15, 0.2) is 34.9 Å². The number of hydrogen-bond donors (Lipinski definition) is 2. The first-order valence-corrected chi connectivity index (χ1v) is 5.13. The largest absolute Gasteiger partial charge is 0.481 e. The Labute approximate surface area is 102 Å². The summed E-state index contributed by atoms with van der Waals surface area (Å²) in [5, 5.41) is 18.8. The molecule has 6 nitrogen and oxygen atoms in total. The first-order chi connectivity index (χ1) is 8.63. The molecule has 0 bridgehead atoms. The van der Waals surface area contributed by atoms with Crippen molar-refractivity contribution in [3.05, 3.63) is 47.5 Å². The number of hydrogen-bond acceptors (Lipinski definition) is 5. The summed E-state index contributed by atoms with van der Waals surface area (Å²) in [7, 11) is 1.43. The van der Waals surface area contributed by atoms with E-state index in [1.807, 2.05) is 0 Å². The number of ether oxygens (including phenoxy) is 1. The van der Waals surface area contributed by atoms with E-state index < -0.39 is 12.1 Å². The maximum Gasteiger partial charge on any atom is 0.371 e. The van der Waals surface area contributed by atoms with Gasteiger partial charge in [0.05, 0.1) is 12.7 Å². The van der Waals surface area contributed by atoms with E-state index in [4.69, 9.17) is 14.3 Å². The third-order valence-electron chi connectivity index (χ3n) is 2.40. The molecule has 18 heavy (non-hydrogen) atoms. The fourth-order valence-corrected chi connectivity index (χ4v) is 1.55. The molecule has 2 aromatic heterocycles.